The molecule has 2 amide bonds. The second-order valence-electron chi connectivity index (χ2n) is 8.78. The molecule has 160 valence electrons. The summed E-state index contributed by atoms with van der Waals surface area (Å²) in [6, 6.07) is 14.1. The van der Waals surface area contributed by atoms with Gasteiger partial charge in [-0.05, 0) is 28.8 Å². The summed E-state index contributed by atoms with van der Waals surface area (Å²) in [6.45, 7) is 6.62. The molecule has 2 aromatic rings. The minimum absolute atomic E-state index is 0.00531. The number of morpholine rings is 1. The Morgan fingerprint density at radius 3 is 2.17 bits per heavy atom. The number of carbonyl (C=O) groups is 2. The number of carbonyl (C=O) groups excluding carboxylic acids is 2. The molecule has 30 heavy (non-hydrogen) atoms. The minimum Gasteiger partial charge on any atom is -0.361 e. The van der Waals surface area contributed by atoms with Crippen molar-refractivity contribution in [2.45, 2.75) is 32.8 Å². The second kappa shape index (κ2) is 8.56. The van der Waals surface area contributed by atoms with E-state index < -0.39 is 11.0 Å². The number of nitrogens with zero attached hydrogens (tertiary/aromatic N) is 1. The Balaban J connectivity index is 1.83. The lowest BCUT2D eigenvalue weighted by Gasteiger charge is -2.43. The molecule has 3 rings (SSSR count). The lowest BCUT2D eigenvalue weighted by molar-refractivity contribution is -0.169. The highest BCUT2D eigenvalue weighted by Gasteiger charge is 2.45. The predicted octanol–water partition coefficient (Wildman–Crippen LogP) is 3.42. The Morgan fingerprint density at radius 2 is 1.63 bits per heavy atom. The Labute approximate surface area is 177 Å². The van der Waals surface area contributed by atoms with E-state index >= 15 is 0 Å². The molecule has 1 aliphatic rings. The van der Waals surface area contributed by atoms with E-state index in [9.17, 15) is 14.0 Å². The third-order valence-corrected chi connectivity index (χ3v) is 5.38. The highest BCUT2D eigenvalue weighted by Crippen LogP contribution is 2.28. The van der Waals surface area contributed by atoms with Gasteiger partial charge in [0.25, 0.3) is 5.91 Å². The van der Waals surface area contributed by atoms with Crippen molar-refractivity contribution >= 4 is 11.8 Å². The van der Waals surface area contributed by atoms with Gasteiger partial charge >= 0.3 is 0 Å². The summed E-state index contributed by atoms with van der Waals surface area (Å²) in [6.07, 6.45) is 0.351. The van der Waals surface area contributed by atoms with E-state index in [0.29, 0.717) is 19.6 Å². The van der Waals surface area contributed by atoms with E-state index in [0.717, 1.165) is 16.7 Å². The number of amides is 2. The summed E-state index contributed by atoms with van der Waals surface area (Å²) in [5.74, 6) is -0.506. The van der Waals surface area contributed by atoms with Crippen molar-refractivity contribution in [2.24, 2.45) is 5.41 Å². The van der Waals surface area contributed by atoms with Gasteiger partial charge in [0.2, 0.25) is 5.91 Å². The Morgan fingerprint density at radius 1 is 1.07 bits per heavy atom. The third kappa shape index (κ3) is 4.70. The van der Waals surface area contributed by atoms with Crippen LogP contribution in [0.1, 0.15) is 26.3 Å². The first-order valence-corrected chi connectivity index (χ1v) is 10.1. The maximum absolute atomic E-state index is 13.2. The summed E-state index contributed by atoms with van der Waals surface area (Å²) in [4.78, 5) is 27.4. The molecule has 0 bridgehead atoms. The average molecular weight is 413 g/mol. The molecule has 0 radical (unpaired) electrons. The van der Waals surface area contributed by atoms with Crippen molar-refractivity contribution in [1.82, 2.24) is 10.2 Å². The van der Waals surface area contributed by atoms with Crippen LogP contribution in [0.2, 0.25) is 0 Å². The molecule has 1 heterocycles. The number of likely N-dealkylation sites (N-methyl/N-ethyl adjacent to an activating group) is 1. The summed E-state index contributed by atoms with van der Waals surface area (Å²) >= 11 is 0. The predicted molar refractivity (Wildman–Crippen MR) is 114 cm³/mol. The minimum atomic E-state index is -1.13. The molecule has 0 unspecified atom stereocenters. The van der Waals surface area contributed by atoms with Crippen molar-refractivity contribution < 1.29 is 18.7 Å². The largest absolute Gasteiger partial charge is 0.361 e. The molecule has 0 aliphatic carbocycles. The summed E-state index contributed by atoms with van der Waals surface area (Å²) in [7, 11) is 1.58. The van der Waals surface area contributed by atoms with E-state index in [1.54, 1.807) is 24.1 Å². The van der Waals surface area contributed by atoms with Crippen molar-refractivity contribution in [2.75, 3.05) is 26.7 Å². The fourth-order valence-corrected chi connectivity index (χ4v) is 3.77. The van der Waals surface area contributed by atoms with E-state index in [1.807, 2.05) is 45.0 Å². The molecule has 1 saturated heterocycles. The van der Waals surface area contributed by atoms with Crippen LogP contribution in [0.25, 0.3) is 11.1 Å². The first-order chi connectivity index (χ1) is 14.1. The monoisotopic (exact) mass is 412 g/mol. The van der Waals surface area contributed by atoms with Crippen molar-refractivity contribution in [3.05, 3.63) is 59.9 Å². The molecule has 0 aromatic heterocycles. The first-order valence-electron chi connectivity index (χ1n) is 10.1. The summed E-state index contributed by atoms with van der Waals surface area (Å²) in [5, 5.41) is 2.70. The van der Waals surface area contributed by atoms with Gasteiger partial charge in [-0.2, -0.15) is 0 Å². The van der Waals surface area contributed by atoms with Crippen LogP contribution in [0, 0.1) is 11.2 Å². The molecule has 1 fully saturated rings. The van der Waals surface area contributed by atoms with Crippen molar-refractivity contribution in [3.63, 3.8) is 0 Å². The number of benzene rings is 2. The third-order valence-electron chi connectivity index (χ3n) is 5.38. The molecule has 1 N–H and O–H groups in total. The second-order valence-corrected chi connectivity index (χ2v) is 8.78. The smallest absolute Gasteiger partial charge is 0.254 e. The van der Waals surface area contributed by atoms with Crippen LogP contribution in [0.3, 0.4) is 0 Å². The van der Waals surface area contributed by atoms with Gasteiger partial charge in [-0.1, -0.05) is 57.2 Å². The zero-order valence-corrected chi connectivity index (χ0v) is 18.0. The van der Waals surface area contributed by atoms with Gasteiger partial charge in [0, 0.05) is 25.4 Å². The molecular formula is C24H29FN2O3. The van der Waals surface area contributed by atoms with Gasteiger partial charge in [-0.3, -0.25) is 9.59 Å². The SMILES string of the molecule is CNC(=O)[C@@]1(Cc2ccc(-c3ccc(F)cc3)cc2)CN(C(=O)C(C)(C)C)CCO1. The number of nitrogens with one attached hydrogen (secondary N) is 1. The zero-order valence-electron chi connectivity index (χ0n) is 18.0. The van der Waals surface area contributed by atoms with Crippen LogP contribution in [-0.4, -0.2) is 49.1 Å². The molecule has 1 aliphatic heterocycles. The van der Waals surface area contributed by atoms with Crippen LogP contribution in [0.15, 0.2) is 48.5 Å². The Bertz CT molecular complexity index is 904. The average Bonchev–Trinajstić information content (AvgIpc) is 2.73. The van der Waals surface area contributed by atoms with Gasteiger partial charge < -0.3 is 15.0 Å². The molecule has 5 nitrogen and oxygen atoms in total. The fourth-order valence-electron chi connectivity index (χ4n) is 3.77. The number of hydrogen-bond donors (Lipinski definition) is 1. The maximum atomic E-state index is 13.2. The summed E-state index contributed by atoms with van der Waals surface area (Å²) < 4.78 is 19.2. The maximum Gasteiger partial charge on any atom is 0.254 e. The van der Waals surface area contributed by atoms with Gasteiger partial charge in [-0.25, -0.2) is 4.39 Å². The number of ether oxygens (including phenoxy) is 1. The highest BCUT2D eigenvalue weighted by atomic mass is 19.1. The standard InChI is InChI=1S/C24H29FN2O3/c1-23(2,3)22(29)27-13-14-30-24(16-27,21(28)26-4)15-17-5-7-18(8-6-17)19-9-11-20(25)12-10-19/h5-12H,13-16H2,1-4H3,(H,26,28)/t24-/m1/s1. The summed E-state index contributed by atoms with van der Waals surface area (Å²) in [5.41, 5.74) is 1.14. The van der Waals surface area contributed by atoms with Crippen LogP contribution >= 0.6 is 0 Å². The van der Waals surface area contributed by atoms with Crippen LogP contribution in [0.5, 0.6) is 0 Å². The number of rotatable bonds is 4. The van der Waals surface area contributed by atoms with Crippen LogP contribution < -0.4 is 5.32 Å². The quantitative estimate of drug-likeness (QED) is 0.837. The number of halogens is 1. The van der Waals surface area contributed by atoms with Gasteiger partial charge in [0.05, 0.1) is 13.2 Å². The van der Waals surface area contributed by atoms with E-state index in [4.69, 9.17) is 4.74 Å². The lowest BCUT2D eigenvalue weighted by Crippen LogP contribution is -2.62. The molecule has 6 heteroatoms. The van der Waals surface area contributed by atoms with Gasteiger partial charge in [0.1, 0.15) is 5.82 Å². The molecular weight excluding hydrogens is 383 g/mol. The number of hydrogen-bond acceptors (Lipinski definition) is 3. The van der Waals surface area contributed by atoms with Crippen molar-refractivity contribution in [3.8, 4) is 11.1 Å². The normalized spacial score (nSPS) is 19.4. The molecule has 1 atom stereocenters. The van der Waals surface area contributed by atoms with Crippen LogP contribution in [-0.2, 0) is 20.7 Å². The fraction of sp³-hybridized carbons (Fsp3) is 0.417. The Kier molecular flexibility index (Phi) is 6.27. The lowest BCUT2D eigenvalue weighted by atomic mass is 9.88. The topological polar surface area (TPSA) is 58.6 Å². The van der Waals surface area contributed by atoms with E-state index in [-0.39, 0.29) is 24.2 Å². The zero-order chi connectivity index (χ0) is 21.9. The van der Waals surface area contributed by atoms with E-state index in [2.05, 4.69) is 5.32 Å². The van der Waals surface area contributed by atoms with Gasteiger partial charge in [-0.15, -0.1) is 0 Å². The van der Waals surface area contributed by atoms with E-state index in [1.165, 1.54) is 12.1 Å². The Hall–Kier alpha value is -2.73. The van der Waals surface area contributed by atoms with Gasteiger partial charge in [0.15, 0.2) is 5.60 Å². The molecule has 0 saturated carbocycles. The highest BCUT2D eigenvalue weighted by molar-refractivity contribution is 5.88. The first kappa shape index (κ1) is 22.0. The molecule has 0 spiro atoms. The van der Waals surface area contributed by atoms with Crippen molar-refractivity contribution in [1.29, 1.82) is 0 Å². The molecule has 2 aromatic carbocycles. The van der Waals surface area contributed by atoms with Crippen LogP contribution in [0.4, 0.5) is 4.39 Å².